The second-order valence-electron chi connectivity index (χ2n) is 6.18. The summed E-state index contributed by atoms with van der Waals surface area (Å²) in [4.78, 5) is 15.1. The van der Waals surface area contributed by atoms with Crippen LogP contribution in [0.15, 0.2) is 18.5 Å². The molecule has 3 rings (SSSR count). The van der Waals surface area contributed by atoms with E-state index in [1.807, 2.05) is 23.9 Å². The van der Waals surface area contributed by atoms with E-state index in [0.29, 0.717) is 10.8 Å². The van der Waals surface area contributed by atoms with E-state index in [1.54, 1.807) is 0 Å². The first-order valence-corrected chi connectivity index (χ1v) is 8.95. The number of rotatable bonds is 5. The summed E-state index contributed by atoms with van der Waals surface area (Å²) in [6.45, 7) is 8.00. The van der Waals surface area contributed by atoms with E-state index in [4.69, 9.17) is 5.11 Å². The molecule has 0 amide bonds. The number of carbonyl (C=O) groups is 1. The number of hydrogen-bond acceptors (Lipinski definition) is 4. The van der Waals surface area contributed by atoms with Gasteiger partial charge in [0.25, 0.3) is 0 Å². The van der Waals surface area contributed by atoms with Crippen LogP contribution in [0, 0.1) is 6.92 Å². The summed E-state index contributed by atoms with van der Waals surface area (Å²) in [5, 5.41) is 13.5. The highest BCUT2D eigenvalue weighted by atomic mass is 32.1. The summed E-state index contributed by atoms with van der Waals surface area (Å²) >= 11 is 1.38. The van der Waals surface area contributed by atoms with Gasteiger partial charge in [-0.05, 0) is 62.9 Å². The maximum absolute atomic E-state index is 11.1. The molecule has 0 spiro atoms. The molecule has 1 aliphatic rings. The standard InChI is InChI=1S/C17H23N3O2S/c1-3-20-11-15(9-18-20)13-4-6-19(7-5-13)10-14-8-16(17(21)22)23-12(14)2/h8-9,11,13H,3-7,10H2,1-2H3,(H,21,22). The van der Waals surface area contributed by atoms with Gasteiger partial charge in [0.1, 0.15) is 4.88 Å². The summed E-state index contributed by atoms with van der Waals surface area (Å²) in [6.07, 6.45) is 6.46. The number of likely N-dealkylation sites (tertiary alicyclic amines) is 1. The molecule has 1 aliphatic heterocycles. The Hall–Kier alpha value is -1.66. The first-order chi connectivity index (χ1) is 11.1. The molecule has 2 aromatic rings. The quantitative estimate of drug-likeness (QED) is 0.911. The molecular formula is C17H23N3O2S. The van der Waals surface area contributed by atoms with E-state index in [1.165, 1.54) is 16.9 Å². The van der Waals surface area contributed by atoms with E-state index in [2.05, 4.69) is 23.1 Å². The van der Waals surface area contributed by atoms with Crippen LogP contribution in [0.5, 0.6) is 0 Å². The molecule has 5 nitrogen and oxygen atoms in total. The Balaban J connectivity index is 1.58. The van der Waals surface area contributed by atoms with Crippen LogP contribution in [-0.2, 0) is 13.1 Å². The summed E-state index contributed by atoms with van der Waals surface area (Å²) in [5.41, 5.74) is 2.51. The molecule has 1 N–H and O–H groups in total. The Morgan fingerprint density at radius 1 is 1.43 bits per heavy atom. The fraction of sp³-hybridized carbons (Fsp3) is 0.529. The molecule has 0 bridgehead atoms. The molecule has 0 aliphatic carbocycles. The number of thiophene rings is 1. The average Bonchev–Trinajstić information content (AvgIpc) is 3.16. The molecule has 1 saturated heterocycles. The fourth-order valence-electron chi connectivity index (χ4n) is 3.21. The second kappa shape index (κ2) is 6.84. The van der Waals surface area contributed by atoms with E-state index < -0.39 is 5.97 Å². The molecule has 23 heavy (non-hydrogen) atoms. The van der Waals surface area contributed by atoms with Crippen molar-refractivity contribution >= 4 is 17.3 Å². The number of aromatic nitrogens is 2. The van der Waals surface area contributed by atoms with Crippen molar-refractivity contribution in [1.29, 1.82) is 0 Å². The number of piperidine rings is 1. The number of nitrogens with zero attached hydrogens (tertiary/aromatic N) is 3. The molecule has 0 saturated carbocycles. The minimum absolute atomic E-state index is 0.444. The highest BCUT2D eigenvalue weighted by molar-refractivity contribution is 7.14. The lowest BCUT2D eigenvalue weighted by molar-refractivity contribution is 0.0702. The summed E-state index contributed by atoms with van der Waals surface area (Å²) in [6, 6.07) is 1.83. The fourth-order valence-corrected chi connectivity index (χ4v) is 4.08. The summed E-state index contributed by atoms with van der Waals surface area (Å²) in [7, 11) is 0. The van der Waals surface area contributed by atoms with E-state index in [9.17, 15) is 4.79 Å². The van der Waals surface area contributed by atoms with Crippen molar-refractivity contribution in [2.24, 2.45) is 0 Å². The van der Waals surface area contributed by atoms with Gasteiger partial charge in [-0.1, -0.05) is 0 Å². The second-order valence-corrected chi connectivity index (χ2v) is 7.43. The van der Waals surface area contributed by atoms with Crippen molar-refractivity contribution in [1.82, 2.24) is 14.7 Å². The third-order valence-electron chi connectivity index (χ3n) is 4.66. The van der Waals surface area contributed by atoms with Crippen LogP contribution in [-0.4, -0.2) is 38.8 Å². The Morgan fingerprint density at radius 2 is 2.17 bits per heavy atom. The summed E-state index contributed by atoms with van der Waals surface area (Å²) in [5.74, 6) is -0.222. The molecule has 0 radical (unpaired) electrons. The van der Waals surface area contributed by atoms with Crippen LogP contribution >= 0.6 is 11.3 Å². The lowest BCUT2D eigenvalue weighted by Gasteiger charge is -2.31. The monoisotopic (exact) mass is 333 g/mol. The molecule has 0 unspecified atom stereocenters. The van der Waals surface area contributed by atoms with E-state index in [0.717, 1.165) is 49.5 Å². The van der Waals surface area contributed by atoms with E-state index >= 15 is 0 Å². The maximum Gasteiger partial charge on any atom is 0.345 e. The van der Waals surface area contributed by atoms with Crippen LogP contribution in [0.4, 0.5) is 0 Å². The predicted molar refractivity (Wildman–Crippen MR) is 91.2 cm³/mol. The molecular weight excluding hydrogens is 310 g/mol. The van der Waals surface area contributed by atoms with Crippen LogP contribution < -0.4 is 0 Å². The first kappa shape index (κ1) is 16.2. The highest BCUT2D eigenvalue weighted by Gasteiger charge is 2.22. The number of carboxylic acids is 1. The minimum Gasteiger partial charge on any atom is -0.477 e. The zero-order valence-corrected chi connectivity index (χ0v) is 14.5. The summed E-state index contributed by atoms with van der Waals surface area (Å²) < 4.78 is 1.99. The van der Waals surface area contributed by atoms with Gasteiger partial charge in [-0.25, -0.2) is 4.79 Å². The smallest absolute Gasteiger partial charge is 0.345 e. The van der Waals surface area contributed by atoms with Crippen molar-refractivity contribution in [2.45, 2.75) is 45.7 Å². The molecule has 0 aromatic carbocycles. The van der Waals surface area contributed by atoms with Crippen LogP contribution in [0.25, 0.3) is 0 Å². The number of carboxylic acid groups (broad SMARTS) is 1. The van der Waals surface area contributed by atoms with Crippen molar-refractivity contribution in [3.8, 4) is 0 Å². The maximum atomic E-state index is 11.1. The Kier molecular flexibility index (Phi) is 4.82. The topological polar surface area (TPSA) is 58.4 Å². The van der Waals surface area contributed by atoms with Gasteiger partial charge in [-0.3, -0.25) is 9.58 Å². The largest absolute Gasteiger partial charge is 0.477 e. The molecule has 0 atom stereocenters. The van der Waals surface area contributed by atoms with Gasteiger partial charge in [0.05, 0.1) is 6.20 Å². The van der Waals surface area contributed by atoms with Gasteiger partial charge in [-0.2, -0.15) is 5.10 Å². The Morgan fingerprint density at radius 3 is 2.74 bits per heavy atom. The zero-order valence-electron chi connectivity index (χ0n) is 13.7. The van der Waals surface area contributed by atoms with Crippen molar-refractivity contribution in [2.75, 3.05) is 13.1 Å². The lowest BCUT2D eigenvalue weighted by Crippen LogP contribution is -2.32. The third kappa shape index (κ3) is 3.64. The third-order valence-corrected chi connectivity index (χ3v) is 5.74. The van der Waals surface area contributed by atoms with Gasteiger partial charge >= 0.3 is 5.97 Å². The van der Waals surface area contributed by atoms with E-state index in [-0.39, 0.29) is 0 Å². The Labute approximate surface area is 140 Å². The molecule has 124 valence electrons. The van der Waals surface area contributed by atoms with Crippen LogP contribution in [0.2, 0.25) is 0 Å². The lowest BCUT2D eigenvalue weighted by atomic mass is 9.91. The van der Waals surface area contributed by atoms with Gasteiger partial charge in [0.2, 0.25) is 0 Å². The first-order valence-electron chi connectivity index (χ1n) is 8.14. The van der Waals surface area contributed by atoms with Gasteiger partial charge in [0, 0.05) is 24.2 Å². The number of aryl methyl sites for hydroxylation is 2. The molecule has 6 heteroatoms. The van der Waals surface area contributed by atoms with Gasteiger partial charge < -0.3 is 5.11 Å². The average molecular weight is 333 g/mol. The predicted octanol–water partition coefficient (Wildman–Crippen LogP) is 3.35. The number of hydrogen-bond donors (Lipinski definition) is 1. The van der Waals surface area contributed by atoms with Gasteiger partial charge in [-0.15, -0.1) is 11.3 Å². The normalized spacial score (nSPS) is 16.8. The highest BCUT2D eigenvalue weighted by Crippen LogP contribution is 2.30. The molecule has 3 heterocycles. The van der Waals surface area contributed by atoms with Crippen molar-refractivity contribution < 1.29 is 9.90 Å². The Bertz CT molecular complexity index is 684. The van der Waals surface area contributed by atoms with Crippen LogP contribution in [0.3, 0.4) is 0 Å². The van der Waals surface area contributed by atoms with Gasteiger partial charge in [0.15, 0.2) is 0 Å². The zero-order chi connectivity index (χ0) is 16.4. The van der Waals surface area contributed by atoms with Crippen molar-refractivity contribution in [3.63, 3.8) is 0 Å². The molecule has 2 aromatic heterocycles. The van der Waals surface area contributed by atoms with Crippen molar-refractivity contribution in [3.05, 3.63) is 39.3 Å². The molecule has 1 fully saturated rings. The number of aromatic carboxylic acids is 1. The SMILES string of the molecule is CCn1cc(C2CCN(Cc3cc(C(=O)O)sc3C)CC2)cn1. The van der Waals surface area contributed by atoms with Crippen LogP contribution in [0.1, 0.15) is 51.4 Å². The minimum atomic E-state index is -0.823.